The molecule has 1 unspecified atom stereocenters. The van der Waals surface area contributed by atoms with Gasteiger partial charge in [-0.2, -0.15) is 0 Å². The van der Waals surface area contributed by atoms with E-state index < -0.39 is 0 Å². The molecule has 0 bridgehead atoms. The lowest BCUT2D eigenvalue weighted by atomic mass is 10.1. The van der Waals surface area contributed by atoms with Crippen LogP contribution >= 0.6 is 0 Å². The highest BCUT2D eigenvalue weighted by Gasteiger charge is 2.10. The molecule has 0 aliphatic rings. The molecule has 1 aromatic carbocycles. The van der Waals surface area contributed by atoms with Gasteiger partial charge in [-0.3, -0.25) is 4.90 Å². The molecule has 0 fully saturated rings. The van der Waals surface area contributed by atoms with Crippen LogP contribution in [-0.4, -0.2) is 42.8 Å². The second kappa shape index (κ2) is 9.96. The fourth-order valence-corrected chi connectivity index (χ4v) is 2.25. The quantitative estimate of drug-likeness (QED) is 0.635. The molecular weight excluding hydrogens is 236 g/mol. The molecule has 0 saturated carbocycles. The summed E-state index contributed by atoms with van der Waals surface area (Å²) in [5.41, 5.74) is 1.31. The van der Waals surface area contributed by atoms with Crippen LogP contribution < -0.4 is 5.32 Å². The Morgan fingerprint density at radius 3 is 2.63 bits per heavy atom. The third kappa shape index (κ3) is 7.31. The predicted octanol–water partition coefficient (Wildman–Crippen LogP) is 2.12. The van der Waals surface area contributed by atoms with Gasteiger partial charge in [-0.1, -0.05) is 44.2 Å². The number of benzene rings is 1. The molecule has 0 spiro atoms. The monoisotopic (exact) mass is 264 g/mol. The maximum atomic E-state index is 9.18. The van der Waals surface area contributed by atoms with Crippen LogP contribution in [0.2, 0.25) is 0 Å². The Bertz CT molecular complexity index is 316. The van der Waals surface area contributed by atoms with Crippen LogP contribution in [0.4, 0.5) is 0 Å². The predicted molar refractivity (Wildman–Crippen MR) is 81.1 cm³/mol. The maximum absolute atomic E-state index is 9.18. The minimum Gasteiger partial charge on any atom is -0.395 e. The molecule has 19 heavy (non-hydrogen) atoms. The fourth-order valence-electron chi connectivity index (χ4n) is 2.25. The Labute approximate surface area is 117 Å². The minimum atomic E-state index is 0.224. The van der Waals surface area contributed by atoms with Crippen LogP contribution in [0.25, 0.3) is 0 Å². The van der Waals surface area contributed by atoms with Crippen molar-refractivity contribution >= 4 is 0 Å². The number of rotatable bonds is 10. The van der Waals surface area contributed by atoms with Crippen molar-refractivity contribution in [3.05, 3.63) is 35.9 Å². The van der Waals surface area contributed by atoms with Crippen LogP contribution in [0.15, 0.2) is 30.3 Å². The SMILES string of the molecule is CCCNCC(C)CN(CCO)Cc1ccccc1. The molecular formula is C16H28N2O. The average Bonchev–Trinajstić information content (AvgIpc) is 2.40. The average molecular weight is 264 g/mol. The molecule has 0 heterocycles. The fraction of sp³-hybridized carbons (Fsp3) is 0.625. The summed E-state index contributed by atoms with van der Waals surface area (Å²) in [6, 6.07) is 10.5. The number of nitrogens with one attached hydrogen (secondary N) is 1. The maximum Gasteiger partial charge on any atom is 0.0558 e. The Hall–Kier alpha value is -0.900. The van der Waals surface area contributed by atoms with Crippen LogP contribution in [0, 0.1) is 5.92 Å². The van der Waals surface area contributed by atoms with E-state index in [4.69, 9.17) is 0 Å². The highest BCUT2D eigenvalue weighted by atomic mass is 16.3. The van der Waals surface area contributed by atoms with Gasteiger partial charge in [-0.15, -0.1) is 0 Å². The van der Waals surface area contributed by atoms with E-state index >= 15 is 0 Å². The van der Waals surface area contributed by atoms with E-state index in [1.165, 1.54) is 12.0 Å². The number of hydrogen-bond donors (Lipinski definition) is 2. The van der Waals surface area contributed by atoms with Gasteiger partial charge in [0.2, 0.25) is 0 Å². The van der Waals surface area contributed by atoms with E-state index in [9.17, 15) is 5.11 Å². The molecule has 0 radical (unpaired) electrons. The number of nitrogens with zero attached hydrogens (tertiary/aromatic N) is 1. The Morgan fingerprint density at radius 1 is 1.26 bits per heavy atom. The van der Waals surface area contributed by atoms with Gasteiger partial charge in [0.1, 0.15) is 0 Å². The van der Waals surface area contributed by atoms with Crippen molar-refractivity contribution < 1.29 is 5.11 Å². The zero-order valence-electron chi connectivity index (χ0n) is 12.3. The smallest absolute Gasteiger partial charge is 0.0558 e. The van der Waals surface area contributed by atoms with Crippen molar-refractivity contribution in [2.45, 2.75) is 26.8 Å². The molecule has 0 aromatic heterocycles. The van der Waals surface area contributed by atoms with E-state index in [0.29, 0.717) is 5.92 Å². The van der Waals surface area contributed by atoms with E-state index in [0.717, 1.165) is 32.7 Å². The summed E-state index contributed by atoms with van der Waals surface area (Å²) < 4.78 is 0. The van der Waals surface area contributed by atoms with Gasteiger partial charge >= 0.3 is 0 Å². The van der Waals surface area contributed by atoms with Gasteiger partial charge in [0.05, 0.1) is 6.61 Å². The standard InChI is InChI=1S/C16H28N2O/c1-3-9-17-12-15(2)13-18(10-11-19)14-16-7-5-4-6-8-16/h4-8,15,17,19H,3,9-14H2,1-2H3. The molecule has 0 amide bonds. The van der Waals surface area contributed by atoms with Gasteiger partial charge in [-0.05, 0) is 31.0 Å². The second-order valence-corrected chi connectivity index (χ2v) is 5.25. The van der Waals surface area contributed by atoms with E-state index in [2.05, 4.69) is 48.3 Å². The molecule has 2 N–H and O–H groups in total. The lowest BCUT2D eigenvalue weighted by Crippen LogP contribution is -2.35. The highest BCUT2D eigenvalue weighted by molar-refractivity contribution is 5.14. The normalized spacial score (nSPS) is 12.8. The van der Waals surface area contributed by atoms with Crippen LogP contribution in [0.3, 0.4) is 0 Å². The lowest BCUT2D eigenvalue weighted by Gasteiger charge is -2.25. The summed E-state index contributed by atoms with van der Waals surface area (Å²) in [7, 11) is 0. The first-order chi connectivity index (χ1) is 9.26. The van der Waals surface area contributed by atoms with Gasteiger partial charge < -0.3 is 10.4 Å². The molecule has 1 rings (SSSR count). The number of aliphatic hydroxyl groups is 1. The van der Waals surface area contributed by atoms with Crippen molar-refractivity contribution in [3.63, 3.8) is 0 Å². The molecule has 0 aliphatic heterocycles. The van der Waals surface area contributed by atoms with E-state index in [1.54, 1.807) is 0 Å². The van der Waals surface area contributed by atoms with Crippen molar-refractivity contribution in [2.75, 3.05) is 32.8 Å². The lowest BCUT2D eigenvalue weighted by molar-refractivity contribution is 0.171. The molecule has 1 aromatic rings. The summed E-state index contributed by atoms with van der Waals surface area (Å²) in [6.45, 7) is 9.48. The van der Waals surface area contributed by atoms with Crippen LogP contribution in [0.1, 0.15) is 25.8 Å². The van der Waals surface area contributed by atoms with Crippen molar-refractivity contribution in [2.24, 2.45) is 5.92 Å². The van der Waals surface area contributed by atoms with Crippen molar-refractivity contribution in [1.29, 1.82) is 0 Å². The van der Waals surface area contributed by atoms with E-state index in [-0.39, 0.29) is 6.61 Å². The zero-order valence-corrected chi connectivity index (χ0v) is 12.3. The van der Waals surface area contributed by atoms with Gasteiger partial charge in [0, 0.05) is 19.6 Å². The van der Waals surface area contributed by atoms with Gasteiger partial charge in [-0.25, -0.2) is 0 Å². The van der Waals surface area contributed by atoms with Gasteiger partial charge in [0.15, 0.2) is 0 Å². The number of hydrogen-bond acceptors (Lipinski definition) is 3. The Morgan fingerprint density at radius 2 is 2.00 bits per heavy atom. The Balaban J connectivity index is 2.39. The summed E-state index contributed by atoms with van der Waals surface area (Å²) >= 11 is 0. The molecule has 0 aliphatic carbocycles. The third-order valence-corrected chi connectivity index (χ3v) is 3.15. The largest absolute Gasteiger partial charge is 0.395 e. The summed E-state index contributed by atoms with van der Waals surface area (Å²) in [4.78, 5) is 2.33. The Kier molecular flexibility index (Phi) is 8.47. The topological polar surface area (TPSA) is 35.5 Å². The van der Waals surface area contributed by atoms with Crippen molar-refractivity contribution in [3.8, 4) is 0 Å². The van der Waals surface area contributed by atoms with Gasteiger partial charge in [0.25, 0.3) is 0 Å². The third-order valence-electron chi connectivity index (χ3n) is 3.15. The number of aliphatic hydroxyl groups excluding tert-OH is 1. The summed E-state index contributed by atoms with van der Waals surface area (Å²) in [5, 5.41) is 12.6. The molecule has 108 valence electrons. The molecule has 1 atom stereocenters. The first kappa shape index (κ1) is 16.2. The first-order valence-corrected chi connectivity index (χ1v) is 7.34. The zero-order chi connectivity index (χ0) is 13.9. The van der Waals surface area contributed by atoms with Crippen molar-refractivity contribution in [1.82, 2.24) is 10.2 Å². The van der Waals surface area contributed by atoms with Crippen LogP contribution in [0.5, 0.6) is 0 Å². The second-order valence-electron chi connectivity index (χ2n) is 5.25. The highest BCUT2D eigenvalue weighted by Crippen LogP contribution is 2.07. The summed E-state index contributed by atoms with van der Waals surface area (Å²) in [6.07, 6.45) is 1.18. The summed E-state index contributed by atoms with van der Waals surface area (Å²) in [5.74, 6) is 0.599. The van der Waals surface area contributed by atoms with Crippen LogP contribution in [-0.2, 0) is 6.54 Å². The molecule has 0 saturated heterocycles. The first-order valence-electron chi connectivity index (χ1n) is 7.34. The molecule has 3 nitrogen and oxygen atoms in total. The molecule has 3 heteroatoms. The minimum absolute atomic E-state index is 0.224. The van der Waals surface area contributed by atoms with E-state index in [1.807, 2.05) is 6.07 Å².